The average molecular weight is 1060 g/mol. The molecule has 0 unspecified atom stereocenters. The van der Waals surface area contributed by atoms with Crippen molar-refractivity contribution in [3.05, 3.63) is 132 Å². The van der Waals surface area contributed by atoms with Gasteiger partial charge >= 0.3 is 6.09 Å². The summed E-state index contributed by atoms with van der Waals surface area (Å²) in [6.45, 7) is 2.73. The molecule has 24 heteroatoms. The molecule has 0 bridgehead atoms. The summed E-state index contributed by atoms with van der Waals surface area (Å²) in [7, 11) is 0. The molecule has 0 spiro atoms. The van der Waals surface area contributed by atoms with Crippen LogP contribution < -0.4 is 38.1 Å². The number of rotatable bonds is 26. The monoisotopic (exact) mass is 1050 g/mol. The van der Waals surface area contributed by atoms with E-state index in [2.05, 4.69) is 26.6 Å². The van der Waals surface area contributed by atoms with Gasteiger partial charge in [-0.05, 0) is 47.2 Å². The van der Waals surface area contributed by atoms with Gasteiger partial charge in [-0.2, -0.15) is 0 Å². The second-order valence-electron chi connectivity index (χ2n) is 18.6. The second kappa shape index (κ2) is 26.9. The molecule has 1 aliphatic heterocycles. The third-order valence-corrected chi connectivity index (χ3v) is 11.8. The Bertz CT molecular complexity index is 2800. The number of nitrogens with zero attached hydrogens (tertiary/aromatic N) is 3. The largest absolute Gasteiger partial charge is 0.445 e. The molecule has 3 aromatic carbocycles. The Kier molecular flexibility index (Phi) is 20.6. The third kappa shape index (κ3) is 16.9. The number of aliphatic hydroxyl groups excluding tert-OH is 1. The minimum absolute atomic E-state index is 0.0771. The Morgan fingerprint density at radius 1 is 0.737 bits per heavy atom. The van der Waals surface area contributed by atoms with E-state index in [0.717, 1.165) is 35.9 Å². The zero-order valence-electron chi connectivity index (χ0n) is 41.9. The minimum Gasteiger partial charge on any atom is -0.445 e. The van der Waals surface area contributed by atoms with Crippen molar-refractivity contribution in [3.63, 3.8) is 0 Å². The average Bonchev–Trinajstić information content (AvgIpc) is 3.92. The van der Waals surface area contributed by atoms with Crippen molar-refractivity contribution in [1.29, 1.82) is 0 Å². The van der Waals surface area contributed by atoms with Gasteiger partial charge in [-0.25, -0.2) is 13.6 Å². The van der Waals surface area contributed by atoms with E-state index in [4.69, 9.17) is 16.2 Å². The quantitative estimate of drug-likeness (QED) is 0.0322. The van der Waals surface area contributed by atoms with Crippen LogP contribution in [0.5, 0.6) is 0 Å². The Labute approximate surface area is 435 Å². The van der Waals surface area contributed by atoms with Crippen LogP contribution in [0.2, 0.25) is 0 Å². The van der Waals surface area contributed by atoms with Crippen LogP contribution in [0.15, 0.2) is 103 Å². The van der Waals surface area contributed by atoms with Gasteiger partial charge in [-0.15, -0.1) is 0 Å². The van der Waals surface area contributed by atoms with E-state index in [0.29, 0.717) is 16.2 Å². The first-order valence-electron chi connectivity index (χ1n) is 23.9. The van der Waals surface area contributed by atoms with E-state index in [1.807, 2.05) is 18.2 Å². The molecule has 4 atom stereocenters. The number of benzene rings is 3. The number of hydrogen-bond donors (Lipinski definition) is 8. The third-order valence-electron chi connectivity index (χ3n) is 11.8. The van der Waals surface area contributed by atoms with E-state index in [-0.39, 0.29) is 37.4 Å². The van der Waals surface area contributed by atoms with Crippen molar-refractivity contribution in [2.45, 2.75) is 77.4 Å². The summed E-state index contributed by atoms with van der Waals surface area (Å²) in [6, 6.07) is 16.0. The van der Waals surface area contributed by atoms with Gasteiger partial charge in [0, 0.05) is 61.3 Å². The second-order valence-corrected chi connectivity index (χ2v) is 18.6. The lowest BCUT2D eigenvalue weighted by molar-refractivity contribution is -0.141. The van der Waals surface area contributed by atoms with Crippen LogP contribution in [0.1, 0.15) is 62.9 Å². The summed E-state index contributed by atoms with van der Waals surface area (Å²) in [5.74, 6) is -9.85. The van der Waals surface area contributed by atoms with Crippen molar-refractivity contribution in [1.82, 2.24) is 41.0 Å². The molecule has 1 aromatic heterocycles. The highest BCUT2D eigenvalue weighted by atomic mass is 19.1. The van der Waals surface area contributed by atoms with Gasteiger partial charge < -0.3 is 57.4 Å². The number of alkyl carbamates (subject to hydrolysis) is 1. The van der Waals surface area contributed by atoms with E-state index in [1.165, 1.54) is 4.90 Å². The molecule has 10 amide bonds. The summed E-state index contributed by atoms with van der Waals surface area (Å²) < 4.78 is 36.8. The highest BCUT2D eigenvalue weighted by Crippen LogP contribution is 2.41. The molecule has 76 heavy (non-hydrogen) atoms. The zero-order chi connectivity index (χ0) is 55.7. The fourth-order valence-electron chi connectivity index (χ4n) is 8.19. The number of carbonyl (C=O) groups excluding carboxylic acids is 10. The smallest absolute Gasteiger partial charge is 0.408 e. The topological polar surface area (TPSA) is 324 Å². The van der Waals surface area contributed by atoms with Crippen LogP contribution in [0.3, 0.4) is 0 Å². The normalized spacial score (nSPS) is 13.7. The van der Waals surface area contributed by atoms with Crippen molar-refractivity contribution < 1.29 is 66.6 Å². The molecular weight excluding hydrogens is 995 g/mol. The first-order chi connectivity index (χ1) is 36.0. The Hall–Kier alpha value is -8.80. The van der Waals surface area contributed by atoms with Gasteiger partial charge in [0.15, 0.2) is 0 Å². The molecule has 0 saturated carbocycles. The number of nitrogens with two attached hydrogens (primary N) is 2. The molecule has 0 fully saturated rings. The first-order valence-corrected chi connectivity index (χ1v) is 23.9. The number of nitrogens with one attached hydrogen (secondary N) is 5. The molecule has 0 aliphatic carbocycles. The van der Waals surface area contributed by atoms with Crippen molar-refractivity contribution in [2.24, 2.45) is 16.9 Å². The Morgan fingerprint density at radius 3 is 1.97 bits per heavy atom. The lowest BCUT2D eigenvalue weighted by atomic mass is 9.82. The van der Waals surface area contributed by atoms with Crippen LogP contribution in [-0.2, 0) is 61.0 Å². The predicted molar refractivity (Wildman–Crippen MR) is 268 cm³/mol. The first kappa shape index (κ1) is 58.1. The maximum atomic E-state index is 15.4. The lowest BCUT2D eigenvalue weighted by Crippen LogP contribution is -2.57. The fraction of sp³-hybridized carbons (Fsp3) is 0.346. The van der Waals surface area contributed by atoms with Crippen LogP contribution in [0.25, 0.3) is 11.1 Å². The van der Waals surface area contributed by atoms with Gasteiger partial charge in [0.1, 0.15) is 49.5 Å². The maximum absolute atomic E-state index is 15.4. The van der Waals surface area contributed by atoms with Crippen LogP contribution in [0, 0.1) is 17.0 Å². The van der Waals surface area contributed by atoms with Crippen molar-refractivity contribution >= 4 is 59.3 Å². The summed E-state index contributed by atoms with van der Waals surface area (Å²) >= 11 is 0. The van der Waals surface area contributed by atoms with Crippen LogP contribution in [-0.4, -0.2) is 130 Å². The summed E-state index contributed by atoms with van der Waals surface area (Å²) in [6.07, 6.45) is 0.349. The van der Waals surface area contributed by atoms with Gasteiger partial charge in [0.05, 0.1) is 18.9 Å². The van der Waals surface area contributed by atoms with Gasteiger partial charge in [-0.3, -0.25) is 48.1 Å². The van der Waals surface area contributed by atoms with Crippen molar-refractivity contribution in [2.75, 3.05) is 32.8 Å². The van der Waals surface area contributed by atoms with Gasteiger partial charge in [0.2, 0.25) is 41.4 Å². The molecule has 10 N–H and O–H groups in total. The molecule has 5 rings (SSSR count). The number of aliphatic hydroxyl groups is 1. The molecule has 2 heterocycles. The highest BCUT2D eigenvalue weighted by molar-refractivity contribution is 6.14. The molecule has 22 nitrogen and oxygen atoms in total. The standard InChI is InChI=1S/C52H60F2N10O12/c1-52(2,3)47(40-22-33(35-23-34(53)14-15-36(35)54)27-62(40)26-31-10-6-4-7-11-31)63(46(71)29-65)21-18-37(49(73)58-20-19-57-43(68)28-64-44(69)16-17-45(64)70)60-50(74)39(24-41(55)66)59-42(67)25-38(48(56)72)61-51(75)76-30-32-12-8-5-9-13-32/h4-17,22-23,27,37-39,47,65H,18-21,24-26,28-30H2,1-3H3,(H2,55,66)(H2,56,72)(H,57,68)(H,58,73)(H,59,67)(H,60,74)(H,61,75)/t37-,38+,39-,47-/m0/s1. The summed E-state index contributed by atoms with van der Waals surface area (Å²) in [5, 5.41) is 22.4. The number of halogens is 2. The molecule has 1 aliphatic rings. The molecular formula is C52H60F2N10O12. The fourth-order valence-corrected chi connectivity index (χ4v) is 8.19. The molecule has 0 saturated heterocycles. The van der Waals surface area contributed by atoms with Crippen LogP contribution >= 0.6 is 0 Å². The predicted octanol–water partition coefficient (Wildman–Crippen LogP) is 0.953. The van der Waals surface area contributed by atoms with E-state index in [1.54, 1.807) is 80.1 Å². The Balaban J connectivity index is 1.42. The number of aromatic nitrogens is 1. The van der Waals surface area contributed by atoms with E-state index in [9.17, 15) is 57.4 Å². The maximum Gasteiger partial charge on any atom is 0.408 e. The molecule has 0 radical (unpaired) electrons. The Morgan fingerprint density at radius 2 is 1.37 bits per heavy atom. The number of hydrogen-bond acceptors (Lipinski definition) is 12. The number of ether oxygens (including phenoxy) is 1. The lowest BCUT2D eigenvalue weighted by Gasteiger charge is -2.41. The number of primary amides is 2. The summed E-state index contributed by atoms with van der Waals surface area (Å²) in [4.78, 5) is 131. The SMILES string of the molecule is CC(C)(C)[C@H](c1cc(-c2cc(F)ccc2F)cn1Cc1ccccc1)N(CC[C@H](NC(=O)[C@H](CC(N)=O)NC(=O)C[C@@H](NC(=O)OCc1ccccc1)C(N)=O)C(=O)NCCNC(=O)CN1C(=O)C=CC1=O)C(=O)CO. The molecule has 404 valence electrons. The molecule has 4 aromatic rings. The number of amides is 10. The number of carbonyl (C=O) groups is 10. The van der Waals surface area contributed by atoms with E-state index >= 15 is 4.39 Å². The number of imide groups is 1. The minimum atomic E-state index is -1.82. The van der Waals surface area contributed by atoms with Crippen LogP contribution in [0.4, 0.5) is 13.6 Å². The zero-order valence-corrected chi connectivity index (χ0v) is 41.9. The van der Waals surface area contributed by atoms with E-state index < -0.39 is 139 Å². The van der Waals surface area contributed by atoms with Gasteiger partial charge in [-0.1, -0.05) is 81.4 Å². The summed E-state index contributed by atoms with van der Waals surface area (Å²) in [5.41, 5.74) is 12.0. The van der Waals surface area contributed by atoms with Gasteiger partial charge in [0.25, 0.3) is 11.8 Å². The highest BCUT2D eigenvalue weighted by Gasteiger charge is 2.39. The van der Waals surface area contributed by atoms with Crippen molar-refractivity contribution in [3.8, 4) is 11.1 Å².